The standard InChI is InChI=1S/C13H24N2/c14-15-13(10-11-6-4-5-7-11)12-8-2-1-3-9-12/h8,11,13,15H,1-7,9-10,14H2. The molecule has 2 aliphatic carbocycles. The zero-order valence-corrected chi connectivity index (χ0v) is 9.67. The summed E-state index contributed by atoms with van der Waals surface area (Å²) in [5.74, 6) is 6.62. The predicted molar refractivity (Wildman–Crippen MR) is 64.2 cm³/mol. The molecule has 2 rings (SSSR count). The van der Waals surface area contributed by atoms with Gasteiger partial charge in [-0.3, -0.25) is 11.3 Å². The summed E-state index contributed by atoms with van der Waals surface area (Å²) in [7, 11) is 0. The Morgan fingerprint density at radius 3 is 2.67 bits per heavy atom. The molecule has 0 radical (unpaired) electrons. The average Bonchev–Trinajstić information content (AvgIpc) is 2.80. The fourth-order valence-corrected chi connectivity index (χ4v) is 3.09. The molecule has 0 aromatic carbocycles. The fraction of sp³-hybridized carbons (Fsp3) is 0.846. The Kier molecular flexibility index (Phi) is 4.21. The van der Waals surface area contributed by atoms with Gasteiger partial charge < -0.3 is 0 Å². The predicted octanol–water partition coefficient (Wildman–Crippen LogP) is 2.90. The van der Waals surface area contributed by atoms with Crippen molar-refractivity contribution in [3.8, 4) is 0 Å². The molecular weight excluding hydrogens is 184 g/mol. The molecular formula is C13H24N2. The van der Waals surface area contributed by atoms with Crippen LogP contribution in [0.15, 0.2) is 11.6 Å². The molecule has 1 saturated carbocycles. The van der Waals surface area contributed by atoms with Gasteiger partial charge in [-0.1, -0.05) is 37.3 Å². The highest BCUT2D eigenvalue weighted by molar-refractivity contribution is 5.13. The first-order valence-electron chi connectivity index (χ1n) is 6.55. The second kappa shape index (κ2) is 5.66. The third-order valence-corrected chi connectivity index (χ3v) is 4.02. The molecule has 3 N–H and O–H groups in total. The van der Waals surface area contributed by atoms with E-state index in [1.165, 1.54) is 57.8 Å². The van der Waals surface area contributed by atoms with Gasteiger partial charge in [0.25, 0.3) is 0 Å². The Labute approximate surface area is 93.3 Å². The molecule has 0 aromatic rings. The number of allylic oxidation sites excluding steroid dienone is 1. The summed E-state index contributed by atoms with van der Waals surface area (Å²) in [6.07, 6.45) is 14.6. The molecule has 2 heteroatoms. The highest BCUT2D eigenvalue weighted by Gasteiger charge is 2.22. The summed E-state index contributed by atoms with van der Waals surface area (Å²) in [6.45, 7) is 0. The van der Waals surface area contributed by atoms with Gasteiger partial charge in [-0.2, -0.15) is 0 Å². The minimum Gasteiger partial charge on any atom is -0.271 e. The second-order valence-corrected chi connectivity index (χ2v) is 5.13. The number of hydrazine groups is 1. The van der Waals surface area contributed by atoms with Crippen molar-refractivity contribution in [2.75, 3.05) is 0 Å². The van der Waals surface area contributed by atoms with E-state index in [1.54, 1.807) is 5.57 Å². The van der Waals surface area contributed by atoms with E-state index in [1.807, 2.05) is 0 Å². The second-order valence-electron chi connectivity index (χ2n) is 5.13. The van der Waals surface area contributed by atoms with E-state index >= 15 is 0 Å². The summed E-state index contributed by atoms with van der Waals surface area (Å²) in [5, 5.41) is 0. The summed E-state index contributed by atoms with van der Waals surface area (Å²) in [5.41, 5.74) is 4.61. The zero-order valence-electron chi connectivity index (χ0n) is 9.67. The minimum absolute atomic E-state index is 0.466. The molecule has 0 aromatic heterocycles. The van der Waals surface area contributed by atoms with Crippen LogP contribution in [0, 0.1) is 5.92 Å². The quantitative estimate of drug-likeness (QED) is 0.423. The van der Waals surface area contributed by atoms with Crippen molar-refractivity contribution in [1.82, 2.24) is 5.43 Å². The van der Waals surface area contributed by atoms with Crippen molar-refractivity contribution < 1.29 is 0 Å². The Hall–Kier alpha value is -0.340. The van der Waals surface area contributed by atoms with Crippen LogP contribution < -0.4 is 11.3 Å². The maximum absolute atomic E-state index is 5.69. The fourth-order valence-electron chi connectivity index (χ4n) is 3.09. The molecule has 0 saturated heterocycles. The van der Waals surface area contributed by atoms with Gasteiger partial charge in [-0.05, 0) is 38.0 Å². The number of hydrogen-bond acceptors (Lipinski definition) is 2. The Bertz CT molecular complexity index is 217. The molecule has 0 heterocycles. The van der Waals surface area contributed by atoms with Gasteiger partial charge in [0.1, 0.15) is 0 Å². The van der Waals surface area contributed by atoms with Crippen molar-refractivity contribution in [1.29, 1.82) is 0 Å². The third kappa shape index (κ3) is 3.05. The Morgan fingerprint density at radius 1 is 1.27 bits per heavy atom. The van der Waals surface area contributed by atoms with Gasteiger partial charge in [-0.25, -0.2) is 0 Å². The molecule has 1 fully saturated rings. The monoisotopic (exact) mass is 208 g/mol. The van der Waals surface area contributed by atoms with E-state index in [0.717, 1.165) is 5.92 Å². The minimum atomic E-state index is 0.466. The van der Waals surface area contributed by atoms with Crippen LogP contribution in [0.1, 0.15) is 57.8 Å². The maximum Gasteiger partial charge on any atom is 0.0422 e. The van der Waals surface area contributed by atoms with Gasteiger partial charge in [-0.15, -0.1) is 0 Å². The normalized spacial score (nSPS) is 25.3. The number of hydrogen-bond donors (Lipinski definition) is 2. The first kappa shape index (κ1) is 11.2. The van der Waals surface area contributed by atoms with Gasteiger partial charge >= 0.3 is 0 Å². The van der Waals surface area contributed by atoms with Crippen molar-refractivity contribution in [3.05, 3.63) is 11.6 Å². The van der Waals surface area contributed by atoms with Crippen LogP contribution in [0.3, 0.4) is 0 Å². The van der Waals surface area contributed by atoms with E-state index in [0.29, 0.717) is 6.04 Å². The smallest absolute Gasteiger partial charge is 0.0422 e. The van der Waals surface area contributed by atoms with E-state index in [9.17, 15) is 0 Å². The van der Waals surface area contributed by atoms with Crippen LogP contribution in [-0.4, -0.2) is 6.04 Å². The summed E-state index contributed by atoms with van der Waals surface area (Å²) < 4.78 is 0. The van der Waals surface area contributed by atoms with E-state index < -0.39 is 0 Å². The number of rotatable bonds is 4. The summed E-state index contributed by atoms with van der Waals surface area (Å²) in [6, 6.07) is 0.466. The topological polar surface area (TPSA) is 38.0 Å². The lowest BCUT2D eigenvalue weighted by Gasteiger charge is -2.25. The van der Waals surface area contributed by atoms with Crippen LogP contribution in [-0.2, 0) is 0 Å². The lowest BCUT2D eigenvalue weighted by Crippen LogP contribution is -2.38. The molecule has 0 aliphatic heterocycles. The van der Waals surface area contributed by atoms with Crippen LogP contribution in [0.4, 0.5) is 0 Å². The molecule has 15 heavy (non-hydrogen) atoms. The Morgan fingerprint density at radius 2 is 2.07 bits per heavy atom. The largest absolute Gasteiger partial charge is 0.271 e. The van der Waals surface area contributed by atoms with Crippen molar-refractivity contribution in [2.45, 2.75) is 63.8 Å². The molecule has 0 amide bonds. The van der Waals surface area contributed by atoms with Crippen molar-refractivity contribution >= 4 is 0 Å². The lowest BCUT2D eigenvalue weighted by molar-refractivity contribution is 0.411. The zero-order chi connectivity index (χ0) is 10.5. The molecule has 1 unspecified atom stereocenters. The molecule has 0 bridgehead atoms. The molecule has 2 aliphatic rings. The first-order valence-corrected chi connectivity index (χ1v) is 6.55. The van der Waals surface area contributed by atoms with E-state index in [4.69, 9.17) is 5.84 Å². The Balaban J connectivity index is 1.87. The SMILES string of the molecule is NNC(CC1CCCC1)C1=CCCCC1. The van der Waals surface area contributed by atoms with Crippen LogP contribution >= 0.6 is 0 Å². The molecule has 86 valence electrons. The summed E-state index contributed by atoms with van der Waals surface area (Å²) >= 11 is 0. The number of nitrogens with one attached hydrogen (secondary N) is 1. The van der Waals surface area contributed by atoms with Gasteiger partial charge in [0.2, 0.25) is 0 Å². The van der Waals surface area contributed by atoms with Gasteiger partial charge in [0.05, 0.1) is 0 Å². The molecule has 1 atom stereocenters. The number of nitrogens with two attached hydrogens (primary N) is 1. The maximum atomic E-state index is 5.69. The average molecular weight is 208 g/mol. The molecule has 2 nitrogen and oxygen atoms in total. The van der Waals surface area contributed by atoms with E-state index in [-0.39, 0.29) is 0 Å². The van der Waals surface area contributed by atoms with Gasteiger partial charge in [0, 0.05) is 6.04 Å². The third-order valence-electron chi connectivity index (χ3n) is 4.02. The lowest BCUT2D eigenvalue weighted by atomic mass is 9.88. The highest BCUT2D eigenvalue weighted by atomic mass is 15.2. The van der Waals surface area contributed by atoms with Gasteiger partial charge in [0.15, 0.2) is 0 Å². The van der Waals surface area contributed by atoms with Crippen LogP contribution in [0.5, 0.6) is 0 Å². The van der Waals surface area contributed by atoms with E-state index in [2.05, 4.69) is 11.5 Å². The van der Waals surface area contributed by atoms with Crippen molar-refractivity contribution in [3.63, 3.8) is 0 Å². The van der Waals surface area contributed by atoms with Crippen LogP contribution in [0.25, 0.3) is 0 Å². The summed E-state index contributed by atoms with van der Waals surface area (Å²) in [4.78, 5) is 0. The highest BCUT2D eigenvalue weighted by Crippen LogP contribution is 2.31. The first-order chi connectivity index (χ1) is 7.40. The van der Waals surface area contributed by atoms with Crippen LogP contribution in [0.2, 0.25) is 0 Å². The molecule has 0 spiro atoms. The van der Waals surface area contributed by atoms with Crippen molar-refractivity contribution in [2.24, 2.45) is 11.8 Å².